The minimum atomic E-state index is -0.178. The number of aryl methyl sites for hydroxylation is 2. The average molecular weight is 293 g/mol. The van der Waals surface area contributed by atoms with E-state index in [0.717, 1.165) is 22.8 Å². The molecule has 0 radical (unpaired) electrons. The molecule has 1 unspecified atom stereocenters. The summed E-state index contributed by atoms with van der Waals surface area (Å²) in [6.45, 7) is 5.00. The molecule has 1 aromatic carbocycles. The second-order valence-electron chi connectivity index (χ2n) is 5.03. The molecule has 2 rings (SSSR count). The topological polar surface area (TPSA) is 42.2 Å². The highest BCUT2D eigenvalue weighted by atomic mass is 32.1. The summed E-state index contributed by atoms with van der Waals surface area (Å²) in [7, 11) is 2.02. The molecule has 0 amide bonds. The van der Waals surface area contributed by atoms with Crippen LogP contribution in [0.25, 0.3) is 0 Å². The summed E-state index contributed by atoms with van der Waals surface area (Å²) in [5, 5.41) is 3.13. The number of likely N-dealkylation sites (N-methyl/N-ethyl adjacent to an activating group) is 1. The van der Waals surface area contributed by atoms with Crippen LogP contribution in [-0.2, 0) is 6.54 Å². The lowest BCUT2D eigenvalue weighted by molar-refractivity contribution is 0.239. The Labute approximate surface area is 123 Å². The van der Waals surface area contributed by atoms with Gasteiger partial charge in [0.2, 0.25) is 0 Å². The van der Waals surface area contributed by atoms with Gasteiger partial charge in [-0.25, -0.2) is 9.37 Å². The van der Waals surface area contributed by atoms with Crippen LogP contribution in [0.15, 0.2) is 23.6 Å². The molecule has 0 aliphatic carbocycles. The second kappa shape index (κ2) is 6.43. The zero-order chi connectivity index (χ0) is 14.7. The molecule has 2 N–H and O–H groups in total. The van der Waals surface area contributed by atoms with Crippen LogP contribution in [0.3, 0.4) is 0 Å². The van der Waals surface area contributed by atoms with Crippen LogP contribution < -0.4 is 5.73 Å². The Morgan fingerprint density at radius 2 is 2.15 bits per heavy atom. The first kappa shape index (κ1) is 15.1. The van der Waals surface area contributed by atoms with Crippen molar-refractivity contribution in [3.63, 3.8) is 0 Å². The minimum absolute atomic E-state index is 0.0660. The second-order valence-corrected chi connectivity index (χ2v) is 6.10. The van der Waals surface area contributed by atoms with Gasteiger partial charge in [0.15, 0.2) is 0 Å². The first-order valence-corrected chi connectivity index (χ1v) is 7.46. The standard InChI is InChI=1S/C15H20FN3S/c1-10-6-12(4-5-14(10)16)15(7-17)19(3)8-13-9-20-11(2)18-13/h4-6,9,15H,7-8,17H2,1-3H3. The molecule has 0 spiro atoms. The van der Waals surface area contributed by atoms with E-state index in [2.05, 4.69) is 15.3 Å². The van der Waals surface area contributed by atoms with Gasteiger partial charge in [0.1, 0.15) is 5.82 Å². The molecule has 1 aromatic heterocycles. The predicted octanol–water partition coefficient (Wildman–Crippen LogP) is 3.03. The fourth-order valence-corrected chi connectivity index (χ4v) is 2.90. The third-order valence-corrected chi connectivity index (χ3v) is 4.22. The van der Waals surface area contributed by atoms with Crippen molar-refractivity contribution in [3.8, 4) is 0 Å². The monoisotopic (exact) mass is 293 g/mol. The molecule has 2 aromatic rings. The van der Waals surface area contributed by atoms with Gasteiger partial charge in [0.25, 0.3) is 0 Å². The maximum Gasteiger partial charge on any atom is 0.126 e. The van der Waals surface area contributed by atoms with Crippen molar-refractivity contribution in [2.24, 2.45) is 5.73 Å². The zero-order valence-corrected chi connectivity index (χ0v) is 12.9. The van der Waals surface area contributed by atoms with Crippen LogP contribution >= 0.6 is 11.3 Å². The van der Waals surface area contributed by atoms with E-state index in [-0.39, 0.29) is 11.9 Å². The van der Waals surface area contributed by atoms with Crippen molar-refractivity contribution in [2.45, 2.75) is 26.4 Å². The van der Waals surface area contributed by atoms with Gasteiger partial charge in [-0.3, -0.25) is 4.90 Å². The summed E-state index contributed by atoms with van der Waals surface area (Å²) in [6.07, 6.45) is 0. The molecule has 20 heavy (non-hydrogen) atoms. The van der Waals surface area contributed by atoms with E-state index >= 15 is 0 Å². The Morgan fingerprint density at radius 3 is 2.70 bits per heavy atom. The summed E-state index contributed by atoms with van der Waals surface area (Å²) < 4.78 is 13.4. The quantitative estimate of drug-likeness (QED) is 0.921. The molecule has 0 saturated carbocycles. The van der Waals surface area contributed by atoms with Crippen LogP contribution in [-0.4, -0.2) is 23.5 Å². The SMILES string of the molecule is Cc1nc(CN(C)C(CN)c2ccc(F)c(C)c2)cs1. The number of rotatable bonds is 5. The van der Waals surface area contributed by atoms with Crippen molar-refractivity contribution >= 4 is 11.3 Å². The summed E-state index contributed by atoms with van der Waals surface area (Å²) in [4.78, 5) is 6.62. The van der Waals surface area contributed by atoms with Crippen molar-refractivity contribution < 1.29 is 4.39 Å². The molecule has 0 saturated heterocycles. The fourth-order valence-electron chi connectivity index (χ4n) is 2.29. The van der Waals surface area contributed by atoms with Crippen LogP contribution in [0, 0.1) is 19.7 Å². The number of thiazole rings is 1. The Hall–Kier alpha value is -1.30. The Bertz CT molecular complexity index is 582. The van der Waals surface area contributed by atoms with E-state index in [9.17, 15) is 4.39 Å². The predicted molar refractivity (Wildman–Crippen MR) is 81.3 cm³/mol. The minimum Gasteiger partial charge on any atom is -0.329 e. The normalized spacial score (nSPS) is 12.9. The molecule has 0 bridgehead atoms. The van der Waals surface area contributed by atoms with Crippen molar-refractivity contribution in [2.75, 3.05) is 13.6 Å². The van der Waals surface area contributed by atoms with Crippen LogP contribution in [0.1, 0.15) is 27.9 Å². The maximum atomic E-state index is 13.4. The number of nitrogens with two attached hydrogens (primary N) is 1. The van der Waals surface area contributed by atoms with Gasteiger partial charge in [-0.2, -0.15) is 0 Å². The number of nitrogens with zero attached hydrogens (tertiary/aromatic N) is 2. The molecular formula is C15H20FN3S. The highest BCUT2D eigenvalue weighted by Gasteiger charge is 2.17. The maximum absolute atomic E-state index is 13.4. The van der Waals surface area contributed by atoms with E-state index < -0.39 is 0 Å². The zero-order valence-electron chi connectivity index (χ0n) is 12.1. The number of halogens is 1. The lowest BCUT2D eigenvalue weighted by Crippen LogP contribution is -2.30. The molecule has 108 valence electrons. The highest BCUT2D eigenvalue weighted by molar-refractivity contribution is 7.09. The molecule has 0 aliphatic rings. The van der Waals surface area contributed by atoms with Gasteiger partial charge in [0.05, 0.1) is 10.7 Å². The van der Waals surface area contributed by atoms with E-state index in [1.807, 2.05) is 26.1 Å². The molecule has 0 fully saturated rings. The van der Waals surface area contributed by atoms with Gasteiger partial charge >= 0.3 is 0 Å². The highest BCUT2D eigenvalue weighted by Crippen LogP contribution is 2.22. The summed E-state index contributed by atoms with van der Waals surface area (Å²) in [5.41, 5.74) is 8.64. The number of benzene rings is 1. The number of hydrogen-bond acceptors (Lipinski definition) is 4. The summed E-state index contributed by atoms with van der Waals surface area (Å²) in [6, 6.07) is 5.25. The van der Waals surface area contributed by atoms with E-state index in [0.29, 0.717) is 12.1 Å². The summed E-state index contributed by atoms with van der Waals surface area (Å²) in [5.74, 6) is -0.178. The van der Waals surface area contributed by atoms with Crippen molar-refractivity contribution in [1.29, 1.82) is 0 Å². The van der Waals surface area contributed by atoms with Gasteiger partial charge in [-0.05, 0) is 38.1 Å². The van der Waals surface area contributed by atoms with Crippen molar-refractivity contribution in [1.82, 2.24) is 9.88 Å². The first-order valence-electron chi connectivity index (χ1n) is 6.58. The third kappa shape index (κ3) is 3.42. The smallest absolute Gasteiger partial charge is 0.126 e. The third-order valence-electron chi connectivity index (χ3n) is 3.40. The molecule has 3 nitrogen and oxygen atoms in total. The van der Waals surface area contributed by atoms with Crippen molar-refractivity contribution in [3.05, 3.63) is 51.2 Å². The molecule has 1 atom stereocenters. The number of hydrogen-bond donors (Lipinski definition) is 1. The molecule has 5 heteroatoms. The van der Waals surface area contributed by atoms with Gasteiger partial charge in [-0.1, -0.05) is 12.1 Å². The van der Waals surface area contributed by atoms with Gasteiger partial charge in [-0.15, -0.1) is 11.3 Å². The van der Waals surface area contributed by atoms with Gasteiger partial charge in [0, 0.05) is 24.5 Å². The Kier molecular flexibility index (Phi) is 4.86. The lowest BCUT2D eigenvalue weighted by Gasteiger charge is -2.27. The van der Waals surface area contributed by atoms with E-state index in [1.165, 1.54) is 6.07 Å². The fraction of sp³-hybridized carbons (Fsp3) is 0.400. The Balaban J connectivity index is 2.16. The van der Waals surface area contributed by atoms with Gasteiger partial charge < -0.3 is 5.73 Å². The van der Waals surface area contributed by atoms with Crippen LogP contribution in [0.5, 0.6) is 0 Å². The molecule has 1 heterocycles. The molecule has 0 aliphatic heterocycles. The number of aromatic nitrogens is 1. The summed E-state index contributed by atoms with van der Waals surface area (Å²) >= 11 is 1.65. The lowest BCUT2D eigenvalue weighted by atomic mass is 10.0. The average Bonchev–Trinajstić information content (AvgIpc) is 2.80. The largest absolute Gasteiger partial charge is 0.329 e. The Morgan fingerprint density at radius 1 is 1.40 bits per heavy atom. The van der Waals surface area contributed by atoms with Crippen LogP contribution in [0.4, 0.5) is 4.39 Å². The first-order chi connectivity index (χ1) is 9.51. The molecular weight excluding hydrogens is 273 g/mol. The van der Waals surface area contributed by atoms with E-state index in [1.54, 1.807) is 18.3 Å². The van der Waals surface area contributed by atoms with E-state index in [4.69, 9.17) is 5.73 Å². The van der Waals surface area contributed by atoms with Crippen LogP contribution in [0.2, 0.25) is 0 Å².